The Morgan fingerprint density at radius 3 is 2.61 bits per heavy atom. The van der Waals surface area contributed by atoms with Gasteiger partial charge in [0, 0.05) is 46.0 Å². The molecule has 3 rings (SSSR count). The van der Waals surface area contributed by atoms with Crippen LogP contribution in [0.3, 0.4) is 0 Å². The highest BCUT2D eigenvalue weighted by Crippen LogP contribution is 2.35. The van der Waals surface area contributed by atoms with E-state index in [-0.39, 0.29) is 53.0 Å². The monoisotopic (exact) mass is 560 g/mol. The first-order chi connectivity index (χ1) is 17.2. The Morgan fingerprint density at radius 1 is 1.25 bits per heavy atom. The summed E-state index contributed by atoms with van der Waals surface area (Å²) in [7, 11) is 3.12. The lowest BCUT2D eigenvalue weighted by Crippen LogP contribution is -2.45. The molecule has 13 heteroatoms. The molecule has 2 aromatic rings. The lowest BCUT2D eigenvalue weighted by molar-refractivity contribution is 0.0375. The van der Waals surface area contributed by atoms with Crippen LogP contribution in [0.4, 0.5) is 5.13 Å². The van der Waals surface area contributed by atoms with Gasteiger partial charge in [-0.2, -0.15) is 0 Å². The van der Waals surface area contributed by atoms with Crippen LogP contribution in [0.1, 0.15) is 56.1 Å². The number of halogens is 2. The maximum atomic E-state index is 12.9. The number of aryl methyl sites for hydroxylation is 1. The lowest BCUT2D eigenvalue weighted by atomic mass is 9.88. The Labute approximate surface area is 223 Å². The fraction of sp³-hybridized carbons (Fsp3) is 0.565. The number of ether oxygens (including phenoxy) is 3. The zero-order chi connectivity index (χ0) is 26.4. The van der Waals surface area contributed by atoms with Crippen LogP contribution in [-0.2, 0) is 14.2 Å². The number of esters is 1. The average molecular weight is 561 g/mol. The van der Waals surface area contributed by atoms with Gasteiger partial charge < -0.3 is 29.4 Å². The Hall–Kier alpha value is -2.18. The van der Waals surface area contributed by atoms with Gasteiger partial charge in [0.15, 0.2) is 16.6 Å². The molecule has 1 amide bonds. The molecular formula is C23H30Cl2N4O6S. The van der Waals surface area contributed by atoms with E-state index in [1.165, 1.54) is 7.11 Å². The lowest BCUT2D eigenvalue weighted by Gasteiger charge is -2.37. The zero-order valence-corrected chi connectivity index (χ0v) is 22.9. The summed E-state index contributed by atoms with van der Waals surface area (Å²) < 4.78 is 15.8. The van der Waals surface area contributed by atoms with Crippen LogP contribution < -0.4 is 10.2 Å². The van der Waals surface area contributed by atoms with Crippen molar-refractivity contribution in [2.24, 2.45) is 5.92 Å². The number of ketones is 1. The van der Waals surface area contributed by atoms with Gasteiger partial charge in [0.25, 0.3) is 5.91 Å². The van der Waals surface area contributed by atoms with Crippen molar-refractivity contribution in [1.82, 2.24) is 15.3 Å². The molecule has 2 aromatic heterocycles. The van der Waals surface area contributed by atoms with Crippen LogP contribution in [0.15, 0.2) is 0 Å². The van der Waals surface area contributed by atoms with E-state index in [1.54, 1.807) is 21.0 Å². The standard InChI is InChI=1S/C23H30Cl2N4O6S/c1-5-35-22(32)20-19(21(31)26-7-9-33-3)28-23(36-20)29-8-6-13(15(11-29)34-4)10-14(30)18-17(25)16(24)12(2)27-18/h13,15,27H,5-11H2,1-4H3,(H,26,31). The molecular weight excluding hydrogens is 531 g/mol. The van der Waals surface area contributed by atoms with Gasteiger partial charge in [0.05, 0.1) is 29.4 Å². The average Bonchev–Trinajstić information content (AvgIpc) is 3.42. The number of nitrogens with zero attached hydrogens (tertiary/aromatic N) is 2. The van der Waals surface area contributed by atoms with Crippen LogP contribution in [0, 0.1) is 12.8 Å². The maximum absolute atomic E-state index is 12.9. The molecule has 1 saturated heterocycles. The number of amides is 1. The van der Waals surface area contributed by atoms with Gasteiger partial charge in [-0.25, -0.2) is 9.78 Å². The molecule has 0 spiro atoms. The molecule has 0 aromatic carbocycles. The second kappa shape index (κ2) is 12.9. The topological polar surface area (TPSA) is 123 Å². The smallest absolute Gasteiger partial charge is 0.350 e. The summed E-state index contributed by atoms with van der Waals surface area (Å²) in [6.07, 6.45) is 0.599. The third-order valence-electron chi connectivity index (χ3n) is 5.93. The van der Waals surface area contributed by atoms with Gasteiger partial charge in [-0.3, -0.25) is 9.59 Å². The number of aromatic amines is 1. The number of hydrogen-bond donors (Lipinski definition) is 2. The largest absolute Gasteiger partial charge is 0.462 e. The van der Waals surface area contributed by atoms with Crippen molar-refractivity contribution in [3.05, 3.63) is 32.0 Å². The summed E-state index contributed by atoms with van der Waals surface area (Å²) in [5.74, 6) is -1.26. The molecule has 198 valence electrons. The number of piperidine rings is 1. The summed E-state index contributed by atoms with van der Waals surface area (Å²) in [6, 6.07) is 0. The Balaban J connectivity index is 1.75. The molecule has 1 aliphatic rings. The molecule has 0 bridgehead atoms. The first-order valence-electron chi connectivity index (χ1n) is 11.5. The number of carbonyl (C=O) groups excluding carboxylic acids is 3. The molecule has 36 heavy (non-hydrogen) atoms. The van der Waals surface area contributed by atoms with Gasteiger partial charge in [-0.1, -0.05) is 34.5 Å². The van der Waals surface area contributed by atoms with E-state index in [4.69, 9.17) is 37.4 Å². The number of rotatable bonds is 11. The van der Waals surface area contributed by atoms with Crippen LogP contribution in [-0.4, -0.2) is 80.8 Å². The minimum Gasteiger partial charge on any atom is -0.462 e. The summed E-state index contributed by atoms with van der Waals surface area (Å²) in [5, 5.41) is 3.79. The minimum atomic E-state index is -0.598. The summed E-state index contributed by atoms with van der Waals surface area (Å²) in [6.45, 7) is 5.25. The molecule has 2 unspecified atom stereocenters. The van der Waals surface area contributed by atoms with Crippen molar-refractivity contribution in [2.45, 2.75) is 32.8 Å². The van der Waals surface area contributed by atoms with E-state index >= 15 is 0 Å². The maximum Gasteiger partial charge on any atom is 0.350 e. The highest BCUT2D eigenvalue weighted by Gasteiger charge is 2.35. The zero-order valence-electron chi connectivity index (χ0n) is 20.6. The second-order valence-electron chi connectivity index (χ2n) is 8.29. The molecule has 3 heterocycles. The quantitative estimate of drug-likeness (QED) is 0.242. The van der Waals surface area contributed by atoms with Crippen molar-refractivity contribution >= 4 is 57.3 Å². The number of nitrogens with one attached hydrogen (secondary N) is 2. The Bertz CT molecular complexity index is 1100. The van der Waals surface area contributed by atoms with E-state index in [0.717, 1.165) is 11.3 Å². The predicted octanol–water partition coefficient (Wildman–Crippen LogP) is 3.75. The number of hydrogen-bond acceptors (Lipinski definition) is 9. The first-order valence-corrected chi connectivity index (χ1v) is 13.1. The van der Waals surface area contributed by atoms with Crippen molar-refractivity contribution in [2.75, 3.05) is 52.0 Å². The van der Waals surface area contributed by atoms with E-state index < -0.39 is 11.9 Å². The molecule has 2 N–H and O–H groups in total. The molecule has 1 fully saturated rings. The Kier molecular flexibility index (Phi) is 10.1. The van der Waals surface area contributed by atoms with Crippen LogP contribution in [0.5, 0.6) is 0 Å². The number of Topliss-reactive ketones (excluding diaryl/α,β-unsaturated/α-hetero) is 1. The summed E-state index contributed by atoms with van der Waals surface area (Å²) in [4.78, 5) is 47.7. The van der Waals surface area contributed by atoms with Gasteiger partial charge in [0.1, 0.15) is 10.6 Å². The number of methoxy groups -OCH3 is 2. The van der Waals surface area contributed by atoms with Gasteiger partial charge in [-0.05, 0) is 26.2 Å². The van der Waals surface area contributed by atoms with Crippen molar-refractivity contribution in [3.63, 3.8) is 0 Å². The summed E-state index contributed by atoms with van der Waals surface area (Å²) >= 11 is 13.4. The van der Waals surface area contributed by atoms with E-state index in [2.05, 4.69) is 15.3 Å². The van der Waals surface area contributed by atoms with Crippen molar-refractivity contribution in [3.8, 4) is 0 Å². The second-order valence-corrected chi connectivity index (χ2v) is 10.0. The highest BCUT2D eigenvalue weighted by atomic mass is 35.5. The highest BCUT2D eigenvalue weighted by molar-refractivity contribution is 7.17. The van der Waals surface area contributed by atoms with Crippen LogP contribution in [0.2, 0.25) is 10.0 Å². The minimum absolute atomic E-state index is 0.0180. The first kappa shape index (κ1) is 28.4. The number of aromatic nitrogens is 2. The number of H-pyrrole nitrogens is 1. The van der Waals surface area contributed by atoms with E-state index in [0.29, 0.717) is 47.7 Å². The van der Waals surface area contributed by atoms with Gasteiger partial charge >= 0.3 is 5.97 Å². The van der Waals surface area contributed by atoms with Gasteiger partial charge in [-0.15, -0.1) is 0 Å². The van der Waals surface area contributed by atoms with Crippen molar-refractivity contribution < 1.29 is 28.6 Å². The fourth-order valence-corrected chi connectivity index (χ4v) is 5.45. The van der Waals surface area contributed by atoms with Gasteiger partial charge in [0.2, 0.25) is 0 Å². The molecule has 1 aliphatic heterocycles. The van der Waals surface area contributed by atoms with Crippen LogP contribution >= 0.6 is 34.5 Å². The predicted molar refractivity (Wildman–Crippen MR) is 138 cm³/mol. The third kappa shape index (κ3) is 6.38. The molecule has 0 saturated carbocycles. The Morgan fingerprint density at radius 2 is 2.00 bits per heavy atom. The third-order valence-corrected chi connectivity index (χ3v) is 7.98. The molecule has 2 atom stereocenters. The molecule has 0 aliphatic carbocycles. The van der Waals surface area contributed by atoms with E-state index in [9.17, 15) is 14.4 Å². The normalized spacial score (nSPS) is 17.8. The summed E-state index contributed by atoms with van der Waals surface area (Å²) in [5.41, 5.74) is 0.968. The van der Waals surface area contributed by atoms with Crippen LogP contribution in [0.25, 0.3) is 0 Å². The number of thiazole rings is 1. The van der Waals surface area contributed by atoms with Crippen molar-refractivity contribution in [1.29, 1.82) is 0 Å². The molecule has 10 nitrogen and oxygen atoms in total. The van der Waals surface area contributed by atoms with E-state index in [1.807, 2.05) is 4.90 Å². The SMILES string of the molecule is CCOC(=O)c1sc(N2CCC(CC(=O)c3[nH]c(C)c(Cl)c3Cl)C(OC)C2)nc1C(=O)NCCOC. The number of anilines is 1. The number of carbonyl (C=O) groups is 3. The molecule has 0 radical (unpaired) electrons. The fourth-order valence-electron chi connectivity index (χ4n) is 4.03.